The zero-order chi connectivity index (χ0) is 15.7. The summed E-state index contributed by atoms with van der Waals surface area (Å²) in [6.07, 6.45) is 3.25. The molecular formula is C18H16O4. The summed E-state index contributed by atoms with van der Waals surface area (Å²) < 4.78 is 15.7. The predicted octanol–water partition coefficient (Wildman–Crippen LogP) is 3.94. The van der Waals surface area contributed by atoms with Crippen molar-refractivity contribution in [3.8, 4) is 22.6 Å². The van der Waals surface area contributed by atoms with Crippen LogP contribution in [0.25, 0.3) is 11.1 Å². The lowest BCUT2D eigenvalue weighted by Gasteiger charge is -2.09. The minimum atomic E-state index is -0.0757. The molecule has 0 spiro atoms. The molecule has 22 heavy (non-hydrogen) atoms. The zero-order valence-electron chi connectivity index (χ0n) is 12.7. The fourth-order valence-electron chi connectivity index (χ4n) is 2.61. The quantitative estimate of drug-likeness (QED) is 0.684. The number of hydrogen-bond acceptors (Lipinski definition) is 4. The van der Waals surface area contributed by atoms with Crippen LogP contribution >= 0.6 is 0 Å². The number of rotatable bonds is 4. The molecule has 0 N–H and O–H groups in total. The van der Waals surface area contributed by atoms with Crippen molar-refractivity contribution in [3.63, 3.8) is 0 Å². The summed E-state index contributed by atoms with van der Waals surface area (Å²) in [4.78, 5) is 12.9. The standard InChI is InChI=1S/C18H16O4/c1-11-14-6-7-22-10-12(14)8-16(11)18(19)15-5-4-13(20-2)9-17(15)21-3/h4-10H,1-3H3. The van der Waals surface area contributed by atoms with E-state index in [1.165, 1.54) is 0 Å². The molecule has 0 atom stereocenters. The van der Waals surface area contributed by atoms with E-state index in [0.717, 1.165) is 16.7 Å². The van der Waals surface area contributed by atoms with E-state index >= 15 is 0 Å². The fourth-order valence-corrected chi connectivity index (χ4v) is 2.61. The molecule has 0 aromatic heterocycles. The van der Waals surface area contributed by atoms with Gasteiger partial charge in [-0.25, -0.2) is 0 Å². The van der Waals surface area contributed by atoms with Crippen molar-refractivity contribution in [1.29, 1.82) is 0 Å². The highest BCUT2D eigenvalue weighted by Crippen LogP contribution is 2.34. The number of ketones is 1. The first kappa shape index (κ1) is 14.2. The van der Waals surface area contributed by atoms with Crippen LogP contribution in [0.2, 0.25) is 0 Å². The van der Waals surface area contributed by atoms with E-state index in [9.17, 15) is 4.79 Å². The van der Waals surface area contributed by atoms with Gasteiger partial charge in [0.1, 0.15) is 11.5 Å². The van der Waals surface area contributed by atoms with Crippen molar-refractivity contribution < 1.29 is 18.7 Å². The fraction of sp³-hybridized carbons (Fsp3) is 0.167. The Bertz CT molecular complexity index is 801. The minimum absolute atomic E-state index is 0.0757. The van der Waals surface area contributed by atoms with Crippen molar-refractivity contribution in [3.05, 3.63) is 59.5 Å². The molecule has 1 aromatic rings. The first-order valence-electron chi connectivity index (χ1n) is 6.88. The third-order valence-corrected chi connectivity index (χ3v) is 3.83. The Morgan fingerprint density at radius 3 is 2.55 bits per heavy atom. The Morgan fingerprint density at radius 1 is 1.05 bits per heavy atom. The maximum atomic E-state index is 12.9. The molecule has 3 rings (SSSR count). The van der Waals surface area contributed by atoms with Gasteiger partial charge >= 0.3 is 0 Å². The lowest BCUT2D eigenvalue weighted by Crippen LogP contribution is -2.04. The summed E-state index contributed by atoms with van der Waals surface area (Å²) in [5.41, 5.74) is 4.03. The second kappa shape index (κ2) is 5.56. The van der Waals surface area contributed by atoms with Gasteiger partial charge in [-0.3, -0.25) is 4.79 Å². The molecule has 1 aromatic carbocycles. The van der Waals surface area contributed by atoms with Gasteiger partial charge in [-0.05, 0) is 42.3 Å². The Kier molecular flexibility index (Phi) is 3.59. The lowest BCUT2D eigenvalue weighted by molar-refractivity contribution is 0.103. The largest absolute Gasteiger partial charge is 0.497 e. The van der Waals surface area contributed by atoms with Gasteiger partial charge in [-0.2, -0.15) is 0 Å². The average molecular weight is 296 g/mol. The number of fused-ring (bicyclic) bond motifs is 1. The van der Waals surface area contributed by atoms with E-state index < -0.39 is 0 Å². The maximum Gasteiger partial charge on any atom is 0.197 e. The van der Waals surface area contributed by atoms with Crippen LogP contribution < -0.4 is 9.47 Å². The van der Waals surface area contributed by atoms with Crippen LogP contribution in [0.4, 0.5) is 0 Å². The predicted molar refractivity (Wildman–Crippen MR) is 83.0 cm³/mol. The Hall–Kier alpha value is -2.75. The first-order chi connectivity index (χ1) is 10.7. The van der Waals surface area contributed by atoms with Crippen molar-refractivity contribution in [2.24, 2.45) is 0 Å². The van der Waals surface area contributed by atoms with Crippen LogP contribution in [0.1, 0.15) is 21.5 Å². The van der Waals surface area contributed by atoms with Gasteiger partial charge < -0.3 is 13.9 Å². The molecular weight excluding hydrogens is 280 g/mol. The third-order valence-electron chi connectivity index (χ3n) is 3.83. The lowest BCUT2D eigenvalue weighted by atomic mass is 10.0. The molecule has 0 saturated carbocycles. The number of methoxy groups -OCH3 is 2. The summed E-state index contributed by atoms with van der Waals surface area (Å²) in [7, 11) is 3.12. The van der Waals surface area contributed by atoms with Crippen molar-refractivity contribution >= 4 is 5.78 Å². The van der Waals surface area contributed by atoms with Crippen LogP contribution in [0.15, 0.2) is 47.3 Å². The van der Waals surface area contributed by atoms with Crippen molar-refractivity contribution in [2.75, 3.05) is 14.2 Å². The van der Waals surface area contributed by atoms with Crippen LogP contribution in [0.5, 0.6) is 11.5 Å². The Labute approximate surface area is 128 Å². The first-order valence-corrected chi connectivity index (χ1v) is 6.88. The van der Waals surface area contributed by atoms with E-state index in [1.807, 2.05) is 19.1 Å². The average Bonchev–Trinajstić information content (AvgIpc) is 2.91. The molecule has 4 nitrogen and oxygen atoms in total. The van der Waals surface area contributed by atoms with Gasteiger partial charge in [0.2, 0.25) is 0 Å². The molecule has 1 heterocycles. The molecule has 0 amide bonds. The third kappa shape index (κ3) is 2.22. The topological polar surface area (TPSA) is 48.7 Å². The summed E-state index contributed by atoms with van der Waals surface area (Å²) in [5.74, 6) is 1.07. The number of benzene rings is 1. The van der Waals surface area contributed by atoms with Crippen molar-refractivity contribution in [2.45, 2.75) is 6.92 Å². The Morgan fingerprint density at radius 2 is 1.86 bits per heavy atom. The van der Waals surface area contributed by atoms with E-state index in [0.29, 0.717) is 22.6 Å². The van der Waals surface area contributed by atoms with E-state index in [4.69, 9.17) is 13.9 Å². The van der Waals surface area contributed by atoms with Gasteiger partial charge in [0.15, 0.2) is 5.78 Å². The number of carbonyl (C=O) groups is 1. The monoisotopic (exact) mass is 296 g/mol. The van der Waals surface area contributed by atoms with Crippen LogP contribution in [-0.2, 0) is 0 Å². The van der Waals surface area contributed by atoms with Gasteiger partial charge in [-0.1, -0.05) is 0 Å². The second-order valence-electron chi connectivity index (χ2n) is 5.00. The maximum absolute atomic E-state index is 12.9. The molecule has 0 saturated heterocycles. The second-order valence-corrected chi connectivity index (χ2v) is 5.00. The number of carbonyl (C=O) groups excluding carboxylic acids is 1. The molecule has 2 aliphatic rings. The van der Waals surface area contributed by atoms with Gasteiger partial charge in [-0.15, -0.1) is 0 Å². The van der Waals surface area contributed by atoms with Crippen molar-refractivity contribution in [1.82, 2.24) is 0 Å². The minimum Gasteiger partial charge on any atom is -0.497 e. The smallest absolute Gasteiger partial charge is 0.197 e. The zero-order valence-corrected chi connectivity index (χ0v) is 12.7. The van der Waals surface area contributed by atoms with E-state index in [2.05, 4.69) is 0 Å². The van der Waals surface area contributed by atoms with Gasteiger partial charge in [0.05, 0.1) is 32.3 Å². The normalized spacial score (nSPS) is 10.7. The van der Waals surface area contributed by atoms with Gasteiger partial charge in [0, 0.05) is 17.2 Å². The summed E-state index contributed by atoms with van der Waals surface area (Å²) in [5, 5.41) is 0. The molecule has 0 bridgehead atoms. The highest BCUT2D eigenvalue weighted by Gasteiger charge is 2.22. The molecule has 1 aliphatic heterocycles. The number of hydrogen-bond donors (Lipinski definition) is 0. The number of ether oxygens (including phenoxy) is 2. The van der Waals surface area contributed by atoms with Crippen LogP contribution in [-0.4, -0.2) is 20.0 Å². The highest BCUT2D eigenvalue weighted by atomic mass is 16.5. The Balaban J connectivity index is 2.10. The molecule has 0 radical (unpaired) electrons. The van der Waals surface area contributed by atoms with E-state index in [1.54, 1.807) is 44.9 Å². The van der Waals surface area contributed by atoms with Gasteiger partial charge in [0.25, 0.3) is 0 Å². The molecule has 112 valence electrons. The molecule has 0 unspecified atom stereocenters. The SMILES string of the molecule is COc1ccc(C(=O)c2cc3coccc-3c2C)c(OC)c1. The molecule has 0 fully saturated rings. The van der Waals surface area contributed by atoms with Crippen LogP contribution in [0, 0.1) is 6.92 Å². The summed E-state index contributed by atoms with van der Waals surface area (Å²) >= 11 is 0. The molecule has 1 aliphatic carbocycles. The van der Waals surface area contributed by atoms with E-state index in [-0.39, 0.29) is 5.78 Å². The summed E-state index contributed by atoms with van der Waals surface area (Å²) in [6.45, 7) is 1.94. The molecule has 4 heteroatoms. The summed E-state index contributed by atoms with van der Waals surface area (Å²) in [6, 6.07) is 8.90. The van der Waals surface area contributed by atoms with Crippen LogP contribution in [0.3, 0.4) is 0 Å². The highest BCUT2D eigenvalue weighted by molar-refractivity contribution is 6.13.